The second kappa shape index (κ2) is 6.15. The van der Waals surface area contributed by atoms with Gasteiger partial charge in [0.05, 0.1) is 5.41 Å². The molecule has 0 saturated heterocycles. The molecule has 1 saturated carbocycles. The molecule has 1 N–H and O–H groups in total. The molecule has 2 nitrogen and oxygen atoms in total. The van der Waals surface area contributed by atoms with Gasteiger partial charge in [0.2, 0.25) is 5.91 Å². The van der Waals surface area contributed by atoms with Crippen molar-refractivity contribution in [2.45, 2.75) is 44.9 Å². The zero-order valence-electron chi connectivity index (χ0n) is 13.7. The van der Waals surface area contributed by atoms with Gasteiger partial charge in [-0.1, -0.05) is 42.7 Å². The number of nitrogens with one attached hydrogen (secondary N) is 1. The fourth-order valence-electron chi connectivity index (χ4n) is 3.61. The van der Waals surface area contributed by atoms with E-state index in [1.807, 2.05) is 32.0 Å². The molecular formula is C20H22FNO. The summed E-state index contributed by atoms with van der Waals surface area (Å²) in [6, 6.07) is 12.5. The summed E-state index contributed by atoms with van der Waals surface area (Å²) in [6.45, 7) is 4.02. The van der Waals surface area contributed by atoms with Crippen molar-refractivity contribution in [1.29, 1.82) is 0 Å². The quantitative estimate of drug-likeness (QED) is 0.859. The topological polar surface area (TPSA) is 29.1 Å². The number of anilines is 1. The van der Waals surface area contributed by atoms with Crippen LogP contribution in [0.5, 0.6) is 0 Å². The highest BCUT2D eigenvalue weighted by atomic mass is 19.1. The molecule has 0 aliphatic heterocycles. The van der Waals surface area contributed by atoms with Crippen molar-refractivity contribution < 1.29 is 9.18 Å². The van der Waals surface area contributed by atoms with E-state index >= 15 is 0 Å². The van der Waals surface area contributed by atoms with Crippen LogP contribution in [-0.2, 0) is 10.2 Å². The van der Waals surface area contributed by atoms with Crippen molar-refractivity contribution in [2.75, 3.05) is 5.32 Å². The summed E-state index contributed by atoms with van der Waals surface area (Å²) in [5, 5.41) is 3.08. The molecule has 0 radical (unpaired) electrons. The zero-order chi connectivity index (χ0) is 16.4. The summed E-state index contributed by atoms with van der Waals surface area (Å²) in [5.41, 5.74) is 3.23. The first-order valence-corrected chi connectivity index (χ1v) is 8.16. The summed E-state index contributed by atoms with van der Waals surface area (Å²) in [6.07, 6.45) is 3.54. The summed E-state index contributed by atoms with van der Waals surface area (Å²) in [4.78, 5) is 13.1. The van der Waals surface area contributed by atoms with E-state index in [-0.39, 0.29) is 11.7 Å². The minimum absolute atomic E-state index is 0.0208. The molecule has 3 heteroatoms. The van der Waals surface area contributed by atoms with Crippen LogP contribution in [0.15, 0.2) is 42.5 Å². The lowest BCUT2D eigenvalue weighted by molar-refractivity contribution is -0.121. The van der Waals surface area contributed by atoms with E-state index in [0.717, 1.165) is 42.5 Å². The van der Waals surface area contributed by atoms with Crippen molar-refractivity contribution in [2.24, 2.45) is 0 Å². The van der Waals surface area contributed by atoms with Gasteiger partial charge in [-0.05, 0) is 56.0 Å². The normalized spacial score (nSPS) is 16.3. The first-order chi connectivity index (χ1) is 11.0. The first-order valence-electron chi connectivity index (χ1n) is 8.16. The standard InChI is InChI=1S/C20H22FNO/c1-14-8-9-18(15(2)12-14)22-19(23)20(10-3-4-11-20)16-6-5-7-17(21)13-16/h5-9,12-13H,3-4,10-11H2,1-2H3,(H,22,23). The highest BCUT2D eigenvalue weighted by Crippen LogP contribution is 2.42. The predicted molar refractivity (Wildman–Crippen MR) is 91.1 cm³/mol. The Morgan fingerprint density at radius 3 is 2.48 bits per heavy atom. The Morgan fingerprint density at radius 1 is 1.09 bits per heavy atom. The monoisotopic (exact) mass is 311 g/mol. The van der Waals surface area contributed by atoms with Gasteiger partial charge in [-0.15, -0.1) is 0 Å². The average Bonchev–Trinajstić information content (AvgIpc) is 3.01. The summed E-state index contributed by atoms with van der Waals surface area (Å²) < 4.78 is 13.7. The van der Waals surface area contributed by atoms with Crippen LogP contribution in [-0.4, -0.2) is 5.91 Å². The maximum atomic E-state index is 13.7. The van der Waals surface area contributed by atoms with E-state index in [0.29, 0.717) is 0 Å². The molecule has 1 aliphatic rings. The van der Waals surface area contributed by atoms with Gasteiger partial charge < -0.3 is 5.32 Å². The third kappa shape index (κ3) is 3.00. The molecule has 0 aromatic heterocycles. The lowest BCUT2D eigenvalue weighted by Gasteiger charge is -2.28. The first kappa shape index (κ1) is 15.7. The minimum atomic E-state index is -0.612. The van der Waals surface area contributed by atoms with Gasteiger partial charge in [-0.3, -0.25) is 4.79 Å². The minimum Gasteiger partial charge on any atom is -0.325 e. The van der Waals surface area contributed by atoms with Gasteiger partial charge in [0.15, 0.2) is 0 Å². The van der Waals surface area contributed by atoms with Crippen LogP contribution in [0, 0.1) is 19.7 Å². The molecule has 3 rings (SSSR count). The summed E-state index contributed by atoms with van der Waals surface area (Å²) in [7, 11) is 0. The van der Waals surface area contributed by atoms with E-state index in [2.05, 4.69) is 11.4 Å². The molecule has 0 atom stereocenters. The van der Waals surface area contributed by atoms with Crippen LogP contribution >= 0.6 is 0 Å². The van der Waals surface area contributed by atoms with Crippen molar-refractivity contribution in [1.82, 2.24) is 0 Å². The molecule has 0 unspecified atom stereocenters. The Morgan fingerprint density at radius 2 is 1.83 bits per heavy atom. The smallest absolute Gasteiger partial charge is 0.235 e. The number of amides is 1. The molecule has 120 valence electrons. The van der Waals surface area contributed by atoms with E-state index in [4.69, 9.17) is 0 Å². The lowest BCUT2D eigenvalue weighted by Crippen LogP contribution is -2.38. The van der Waals surface area contributed by atoms with Crippen LogP contribution in [0.2, 0.25) is 0 Å². The van der Waals surface area contributed by atoms with Crippen molar-refractivity contribution in [3.05, 3.63) is 65.0 Å². The SMILES string of the molecule is Cc1ccc(NC(=O)C2(c3cccc(F)c3)CCCC2)c(C)c1. The van der Waals surface area contributed by atoms with E-state index in [1.165, 1.54) is 17.7 Å². The molecule has 0 bridgehead atoms. The summed E-state index contributed by atoms with van der Waals surface area (Å²) >= 11 is 0. The Kier molecular flexibility index (Phi) is 4.20. The number of rotatable bonds is 3. The van der Waals surface area contributed by atoms with Crippen LogP contribution < -0.4 is 5.32 Å². The summed E-state index contributed by atoms with van der Waals surface area (Å²) in [5.74, 6) is -0.305. The van der Waals surface area contributed by atoms with Crippen LogP contribution in [0.1, 0.15) is 42.4 Å². The molecule has 1 aliphatic carbocycles. The Balaban J connectivity index is 1.93. The van der Waals surface area contributed by atoms with Gasteiger partial charge in [-0.2, -0.15) is 0 Å². The van der Waals surface area contributed by atoms with Crippen LogP contribution in [0.4, 0.5) is 10.1 Å². The number of carbonyl (C=O) groups excluding carboxylic acids is 1. The number of carbonyl (C=O) groups is 1. The van der Waals surface area contributed by atoms with Gasteiger partial charge >= 0.3 is 0 Å². The number of halogens is 1. The molecule has 1 amide bonds. The third-order valence-electron chi connectivity index (χ3n) is 4.90. The average molecular weight is 311 g/mol. The van der Waals surface area contributed by atoms with Crippen LogP contribution in [0.3, 0.4) is 0 Å². The molecule has 2 aromatic rings. The fraction of sp³-hybridized carbons (Fsp3) is 0.350. The molecule has 1 fully saturated rings. The molecular weight excluding hydrogens is 289 g/mol. The molecule has 0 spiro atoms. The maximum Gasteiger partial charge on any atom is 0.235 e. The second-order valence-electron chi connectivity index (χ2n) is 6.57. The van der Waals surface area contributed by atoms with E-state index < -0.39 is 5.41 Å². The fourth-order valence-corrected chi connectivity index (χ4v) is 3.61. The molecule has 2 aromatic carbocycles. The lowest BCUT2D eigenvalue weighted by atomic mass is 9.78. The van der Waals surface area contributed by atoms with Crippen LogP contribution in [0.25, 0.3) is 0 Å². The maximum absolute atomic E-state index is 13.7. The van der Waals surface area contributed by atoms with Crippen molar-refractivity contribution in [3.8, 4) is 0 Å². The third-order valence-corrected chi connectivity index (χ3v) is 4.90. The molecule has 0 heterocycles. The van der Waals surface area contributed by atoms with E-state index in [9.17, 15) is 9.18 Å². The Hall–Kier alpha value is -2.16. The predicted octanol–water partition coefficient (Wildman–Crippen LogP) is 4.89. The zero-order valence-corrected chi connectivity index (χ0v) is 13.7. The highest BCUT2D eigenvalue weighted by Gasteiger charge is 2.42. The number of hydrogen-bond acceptors (Lipinski definition) is 1. The van der Waals surface area contributed by atoms with Gasteiger partial charge in [0.25, 0.3) is 0 Å². The largest absolute Gasteiger partial charge is 0.325 e. The van der Waals surface area contributed by atoms with Gasteiger partial charge in [0, 0.05) is 5.69 Å². The van der Waals surface area contributed by atoms with Gasteiger partial charge in [-0.25, -0.2) is 4.39 Å². The number of aryl methyl sites for hydroxylation is 2. The van der Waals surface area contributed by atoms with E-state index in [1.54, 1.807) is 6.07 Å². The number of benzene rings is 2. The second-order valence-corrected chi connectivity index (χ2v) is 6.57. The highest BCUT2D eigenvalue weighted by molar-refractivity contribution is 6.00. The Bertz CT molecular complexity index is 732. The van der Waals surface area contributed by atoms with Crippen molar-refractivity contribution in [3.63, 3.8) is 0 Å². The molecule has 23 heavy (non-hydrogen) atoms. The Labute approximate surface area is 136 Å². The van der Waals surface area contributed by atoms with Crippen molar-refractivity contribution >= 4 is 11.6 Å². The number of hydrogen-bond donors (Lipinski definition) is 1. The van der Waals surface area contributed by atoms with Gasteiger partial charge in [0.1, 0.15) is 5.82 Å².